The standard InChI is InChI=1S/C9H9I2NO3.C9H11NO4/c10-5-1-4(2-6(11)8(5)13)3-7(12)9(14)15;10-6(9(13)14)3-5-1-2-7(11)8(12)4-5/h1-2,7,13H,3,12H2,(H,14,15);1-2,4,6,11-12H,3,10H2,(H,13,14)/t7-;/m0./s1. The molecule has 9 nitrogen and oxygen atoms in total. The van der Waals surface area contributed by atoms with Gasteiger partial charge in [-0.15, -0.1) is 0 Å². The first-order chi connectivity index (χ1) is 13.4. The fraction of sp³-hybridized carbons (Fsp3) is 0.222. The second kappa shape index (κ2) is 11.4. The number of carbonyl (C=O) groups is 2. The minimum atomic E-state index is -1.10. The number of rotatable bonds is 6. The van der Waals surface area contributed by atoms with Gasteiger partial charge in [-0.2, -0.15) is 0 Å². The molecule has 1 unspecified atom stereocenters. The molecule has 158 valence electrons. The number of carboxylic acids is 2. The van der Waals surface area contributed by atoms with Crippen LogP contribution in [0.4, 0.5) is 0 Å². The van der Waals surface area contributed by atoms with Crippen LogP contribution in [0.5, 0.6) is 17.2 Å². The molecule has 0 aliphatic carbocycles. The summed E-state index contributed by atoms with van der Waals surface area (Å²) in [6.07, 6.45) is 0.380. The molecule has 2 rings (SSSR count). The largest absolute Gasteiger partial charge is 0.506 e. The Kier molecular flexibility index (Phi) is 9.88. The predicted molar refractivity (Wildman–Crippen MR) is 122 cm³/mol. The van der Waals surface area contributed by atoms with Gasteiger partial charge in [0, 0.05) is 0 Å². The summed E-state index contributed by atoms with van der Waals surface area (Å²) in [5.41, 5.74) is 12.1. The molecule has 2 aromatic rings. The van der Waals surface area contributed by atoms with E-state index in [4.69, 9.17) is 31.9 Å². The van der Waals surface area contributed by atoms with Crippen molar-refractivity contribution in [2.24, 2.45) is 11.5 Å². The van der Waals surface area contributed by atoms with E-state index in [0.717, 1.165) is 5.56 Å². The maximum atomic E-state index is 10.6. The van der Waals surface area contributed by atoms with Gasteiger partial charge in [0.25, 0.3) is 0 Å². The third-order valence-electron chi connectivity index (χ3n) is 3.66. The zero-order valence-corrected chi connectivity index (χ0v) is 19.2. The van der Waals surface area contributed by atoms with Crippen LogP contribution in [0, 0.1) is 7.14 Å². The zero-order chi connectivity index (χ0) is 22.3. The van der Waals surface area contributed by atoms with Crippen molar-refractivity contribution in [3.05, 3.63) is 48.6 Å². The average molecular weight is 630 g/mol. The maximum absolute atomic E-state index is 10.6. The lowest BCUT2D eigenvalue weighted by Gasteiger charge is -2.08. The first-order valence-corrected chi connectivity index (χ1v) is 10.2. The smallest absolute Gasteiger partial charge is 0.320 e. The Morgan fingerprint density at radius 1 is 0.793 bits per heavy atom. The van der Waals surface area contributed by atoms with E-state index in [1.165, 1.54) is 18.2 Å². The van der Waals surface area contributed by atoms with Crippen LogP contribution in [-0.4, -0.2) is 49.6 Å². The highest BCUT2D eigenvalue weighted by molar-refractivity contribution is 14.1. The number of halogens is 2. The molecule has 0 amide bonds. The summed E-state index contributed by atoms with van der Waals surface area (Å²) in [5, 5.41) is 44.8. The fourth-order valence-electron chi connectivity index (χ4n) is 2.11. The molecule has 0 aliphatic rings. The Labute approximate surface area is 193 Å². The van der Waals surface area contributed by atoms with Gasteiger partial charge in [0.15, 0.2) is 11.5 Å². The minimum absolute atomic E-state index is 0.114. The van der Waals surface area contributed by atoms with Gasteiger partial charge in [-0.25, -0.2) is 0 Å². The van der Waals surface area contributed by atoms with Gasteiger partial charge in [0.1, 0.15) is 17.8 Å². The summed E-state index contributed by atoms with van der Waals surface area (Å²) in [6.45, 7) is 0. The second-order valence-electron chi connectivity index (χ2n) is 6.03. The van der Waals surface area contributed by atoms with Crippen molar-refractivity contribution in [3.63, 3.8) is 0 Å². The predicted octanol–water partition coefficient (Wildman–Crippen LogP) is 1.61. The molecule has 0 bridgehead atoms. The van der Waals surface area contributed by atoms with E-state index >= 15 is 0 Å². The minimum Gasteiger partial charge on any atom is -0.506 e. The summed E-state index contributed by atoms with van der Waals surface area (Å²) < 4.78 is 1.40. The highest BCUT2D eigenvalue weighted by atomic mass is 127. The maximum Gasteiger partial charge on any atom is 0.320 e. The Bertz CT molecular complexity index is 870. The van der Waals surface area contributed by atoms with E-state index in [9.17, 15) is 14.7 Å². The second-order valence-corrected chi connectivity index (χ2v) is 8.35. The number of benzene rings is 2. The number of aliphatic carboxylic acids is 2. The molecule has 0 saturated heterocycles. The first kappa shape index (κ1) is 25.2. The van der Waals surface area contributed by atoms with Crippen molar-refractivity contribution in [2.75, 3.05) is 0 Å². The van der Waals surface area contributed by atoms with Crippen LogP contribution in [0.3, 0.4) is 0 Å². The van der Waals surface area contributed by atoms with Crippen molar-refractivity contribution < 1.29 is 35.1 Å². The summed E-state index contributed by atoms with van der Waals surface area (Å²) in [5.74, 6) is -2.41. The first-order valence-electron chi connectivity index (χ1n) is 8.06. The van der Waals surface area contributed by atoms with Gasteiger partial charge in [-0.05, 0) is 93.4 Å². The third kappa shape index (κ3) is 8.20. The van der Waals surface area contributed by atoms with Crippen LogP contribution in [0.2, 0.25) is 0 Å². The van der Waals surface area contributed by atoms with Gasteiger partial charge in [0.05, 0.1) is 7.14 Å². The van der Waals surface area contributed by atoms with Crippen LogP contribution in [0.15, 0.2) is 30.3 Å². The number of phenolic OH excluding ortho intramolecular Hbond substituents is 3. The molecule has 9 N–H and O–H groups in total. The number of nitrogens with two attached hydrogens (primary N) is 2. The molecule has 0 spiro atoms. The number of aromatic hydroxyl groups is 3. The summed E-state index contributed by atoms with van der Waals surface area (Å²) in [7, 11) is 0. The number of carboxylic acid groups (broad SMARTS) is 2. The van der Waals surface area contributed by atoms with Crippen LogP contribution in [-0.2, 0) is 22.4 Å². The zero-order valence-electron chi connectivity index (χ0n) is 14.9. The summed E-state index contributed by atoms with van der Waals surface area (Å²) in [4.78, 5) is 21.0. The Balaban J connectivity index is 0.000000291. The van der Waals surface area contributed by atoms with Crippen LogP contribution < -0.4 is 11.5 Å². The summed E-state index contributed by atoms with van der Waals surface area (Å²) >= 11 is 3.99. The van der Waals surface area contributed by atoms with Crippen molar-refractivity contribution in [2.45, 2.75) is 24.9 Å². The van der Waals surface area contributed by atoms with Crippen molar-refractivity contribution in [3.8, 4) is 17.2 Å². The summed E-state index contributed by atoms with van der Waals surface area (Å²) in [6, 6.07) is 5.66. The van der Waals surface area contributed by atoms with Gasteiger partial charge < -0.3 is 37.0 Å². The molecule has 2 aromatic carbocycles. The van der Waals surface area contributed by atoms with Gasteiger partial charge >= 0.3 is 11.9 Å². The number of hydrogen-bond acceptors (Lipinski definition) is 7. The lowest BCUT2D eigenvalue weighted by atomic mass is 10.1. The van der Waals surface area contributed by atoms with Crippen LogP contribution in [0.1, 0.15) is 11.1 Å². The third-order valence-corrected chi connectivity index (χ3v) is 5.31. The highest BCUT2D eigenvalue weighted by Gasteiger charge is 2.14. The molecule has 0 aliphatic heterocycles. The molecule has 0 saturated carbocycles. The quantitative estimate of drug-likeness (QED) is 0.184. The molecule has 29 heavy (non-hydrogen) atoms. The van der Waals surface area contributed by atoms with E-state index in [2.05, 4.69) is 0 Å². The molecule has 0 radical (unpaired) electrons. The van der Waals surface area contributed by atoms with Gasteiger partial charge in [-0.1, -0.05) is 6.07 Å². The van der Waals surface area contributed by atoms with Crippen LogP contribution in [0.25, 0.3) is 0 Å². The molecule has 11 heteroatoms. The molecule has 2 atom stereocenters. The molecular weight excluding hydrogens is 610 g/mol. The van der Waals surface area contributed by atoms with Crippen molar-refractivity contribution in [1.29, 1.82) is 0 Å². The molecule has 0 heterocycles. The Morgan fingerprint density at radius 2 is 1.24 bits per heavy atom. The Morgan fingerprint density at radius 3 is 1.66 bits per heavy atom. The fourth-order valence-corrected chi connectivity index (χ4v) is 4.01. The molecule has 0 aromatic heterocycles. The van der Waals surface area contributed by atoms with E-state index in [1.807, 2.05) is 45.2 Å². The lowest BCUT2D eigenvalue weighted by Crippen LogP contribution is -2.32. The Hall–Kier alpha value is -1.84. The van der Waals surface area contributed by atoms with Gasteiger partial charge in [-0.3, -0.25) is 9.59 Å². The highest BCUT2D eigenvalue weighted by Crippen LogP contribution is 2.28. The van der Waals surface area contributed by atoms with E-state index in [-0.39, 0.29) is 30.1 Å². The van der Waals surface area contributed by atoms with E-state index in [0.29, 0.717) is 12.7 Å². The van der Waals surface area contributed by atoms with E-state index in [1.54, 1.807) is 12.1 Å². The SMILES string of the molecule is NC(Cc1ccc(O)c(O)c1)C(=O)O.N[C@@H](Cc1cc(I)c(O)c(I)c1)C(=O)O. The molecular formula is C18H20I2N2O7. The topological polar surface area (TPSA) is 187 Å². The molecule has 0 fully saturated rings. The van der Waals surface area contributed by atoms with Gasteiger partial charge in [0.2, 0.25) is 0 Å². The van der Waals surface area contributed by atoms with Crippen molar-refractivity contribution in [1.82, 2.24) is 0 Å². The number of phenols is 3. The van der Waals surface area contributed by atoms with Crippen molar-refractivity contribution >= 4 is 57.1 Å². The normalized spacial score (nSPS) is 12.4. The lowest BCUT2D eigenvalue weighted by molar-refractivity contribution is -0.139. The van der Waals surface area contributed by atoms with Crippen LogP contribution >= 0.6 is 45.2 Å². The van der Waals surface area contributed by atoms with E-state index < -0.39 is 24.0 Å². The average Bonchev–Trinajstić information content (AvgIpc) is 2.63. The monoisotopic (exact) mass is 630 g/mol. The number of hydrogen-bond donors (Lipinski definition) is 7.